The molecule has 0 bridgehead atoms. The Morgan fingerprint density at radius 2 is 1.79 bits per heavy atom. The summed E-state index contributed by atoms with van der Waals surface area (Å²) in [6, 6.07) is 2.53. The molecule has 0 saturated heterocycles. The fourth-order valence-electron chi connectivity index (χ4n) is 2.99. The van der Waals surface area contributed by atoms with Crippen LogP contribution in [-0.4, -0.2) is 23.1 Å². The molecule has 19 heavy (non-hydrogen) atoms. The highest BCUT2D eigenvalue weighted by molar-refractivity contribution is 5.47. The molecule has 4 heteroatoms. The highest BCUT2D eigenvalue weighted by atomic mass is 15.2. The average molecular weight is 260 g/mol. The van der Waals surface area contributed by atoms with Gasteiger partial charge >= 0.3 is 0 Å². The Balaban J connectivity index is 1.76. The van der Waals surface area contributed by atoms with Crippen molar-refractivity contribution in [2.45, 2.75) is 57.4 Å². The van der Waals surface area contributed by atoms with E-state index in [1.54, 1.807) is 0 Å². The normalized spacial score (nSPS) is 27.3. The molecular formula is C15H24N4. The van der Waals surface area contributed by atoms with E-state index >= 15 is 0 Å². The second-order valence-electron chi connectivity index (χ2n) is 6.31. The van der Waals surface area contributed by atoms with Crippen LogP contribution in [0.25, 0.3) is 0 Å². The molecule has 1 aromatic heterocycles. The van der Waals surface area contributed by atoms with E-state index in [4.69, 9.17) is 10.7 Å². The van der Waals surface area contributed by atoms with Crippen molar-refractivity contribution in [3.8, 4) is 0 Å². The van der Waals surface area contributed by atoms with Gasteiger partial charge in [-0.15, -0.1) is 0 Å². The van der Waals surface area contributed by atoms with Crippen LogP contribution in [-0.2, 0) is 0 Å². The third kappa shape index (κ3) is 2.82. The van der Waals surface area contributed by atoms with Crippen molar-refractivity contribution in [3.63, 3.8) is 0 Å². The Morgan fingerprint density at radius 1 is 1.11 bits per heavy atom. The van der Waals surface area contributed by atoms with Crippen LogP contribution < -0.4 is 10.6 Å². The molecule has 0 spiro atoms. The van der Waals surface area contributed by atoms with E-state index in [-0.39, 0.29) is 0 Å². The number of anilines is 2. The lowest BCUT2D eigenvalue weighted by Gasteiger charge is -2.34. The monoisotopic (exact) mass is 260 g/mol. The predicted molar refractivity (Wildman–Crippen MR) is 78.2 cm³/mol. The van der Waals surface area contributed by atoms with Gasteiger partial charge in [-0.3, -0.25) is 0 Å². The number of hydrogen-bond acceptors (Lipinski definition) is 4. The van der Waals surface area contributed by atoms with Gasteiger partial charge < -0.3 is 10.6 Å². The van der Waals surface area contributed by atoms with Crippen LogP contribution in [0.2, 0.25) is 0 Å². The molecule has 0 aromatic carbocycles. The van der Waals surface area contributed by atoms with E-state index in [9.17, 15) is 0 Å². The first-order chi connectivity index (χ1) is 9.13. The van der Waals surface area contributed by atoms with Crippen molar-refractivity contribution >= 4 is 11.6 Å². The second-order valence-corrected chi connectivity index (χ2v) is 6.31. The van der Waals surface area contributed by atoms with E-state index in [1.807, 2.05) is 6.07 Å². The van der Waals surface area contributed by atoms with Gasteiger partial charge in [0.2, 0.25) is 0 Å². The number of nitrogens with zero attached hydrogens (tertiary/aromatic N) is 3. The third-order valence-corrected chi connectivity index (χ3v) is 4.59. The van der Waals surface area contributed by atoms with Crippen LogP contribution in [0.3, 0.4) is 0 Å². The zero-order valence-electron chi connectivity index (χ0n) is 12.0. The summed E-state index contributed by atoms with van der Waals surface area (Å²) in [5.74, 6) is 4.01. The average Bonchev–Trinajstić information content (AvgIpc) is 3.22. The molecule has 2 aliphatic rings. The van der Waals surface area contributed by atoms with Gasteiger partial charge in [0.25, 0.3) is 0 Å². The topological polar surface area (TPSA) is 55.0 Å². The fraction of sp³-hybridized carbons (Fsp3) is 0.733. The molecule has 2 fully saturated rings. The van der Waals surface area contributed by atoms with Gasteiger partial charge in [-0.25, -0.2) is 9.97 Å². The lowest BCUT2D eigenvalue weighted by atomic mass is 9.87. The maximum Gasteiger partial charge on any atom is 0.136 e. The summed E-state index contributed by atoms with van der Waals surface area (Å²) in [6.45, 7) is 2.35. The molecule has 0 radical (unpaired) electrons. The zero-order chi connectivity index (χ0) is 13.4. The predicted octanol–water partition coefficient (Wildman–Crippen LogP) is 2.95. The van der Waals surface area contributed by atoms with Gasteiger partial charge in [0.15, 0.2) is 0 Å². The first-order valence-corrected chi connectivity index (χ1v) is 7.50. The molecule has 0 atom stereocenters. The van der Waals surface area contributed by atoms with Crippen molar-refractivity contribution in [1.29, 1.82) is 0 Å². The smallest absolute Gasteiger partial charge is 0.136 e. The van der Waals surface area contributed by atoms with Crippen molar-refractivity contribution in [2.75, 3.05) is 17.7 Å². The summed E-state index contributed by atoms with van der Waals surface area (Å²) in [7, 11) is 2.15. The minimum Gasteiger partial charge on any atom is -0.384 e. The maximum absolute atomic E-state index is 5.94. The maximum atomic E-state index is 5.94. The Hall–Kier alpha value is -1.32. The third-order valence-electron chi connectivity index (χ3n) is 4.59. The minimum absolute atomic E-state index is 0.557. The molecule has 104 valence electrons. The molecule has 0 unspecified atom stereocenters. The molecular weight excluding hydrogens is 236 g/mol. The SMILES string of the molecule is CC1CCC(N(C)c2cc(N)nc(C3CC3)n2)CC1. The summed E-state index contributed by atoms with van der Waals surface area (Å²) < 4.78 is 0. The Morgan fingerprint density at radius 3 is 2.42 bits per heavy atom. The minimum atomic E-state index is 0.557. The molecule has 3 rings (SSSR count). The van der Waals surface area contributed by atoms with Crippen LogP contribution in [0.15, 0.2) is 6.07 Å². The van der Waals surface area contributed by atoms with Crippen LogP contribution in [0.5, 0.6) is 0 Å². The molecule has 1 aromatic rings. The van der Waals surface area contributed by atoms with Crippen molar-refractivity contribution in [3.05, 3.63) is 11.9 Å². The zero-order valence-corrected chi connectivity index (χ0v) is 12.0. The van der Waals surface area contributed by atoms with E-state index in [0.717, 1.165) is 17.6 Å². The number of nitrogen functional groups attached to an aromatic ring is 1. The molecule has 2 aliphatic carbocycles. The molecule has 0 aliphatic heterocycles. The highest BCUT2D eigenvalue weighted by Crippen LogP contribution is 2.39. The summed E-state index contributed by atoms with van der Waals surface area (Å²) in [6.07, 6.45) is 7.61. The summed E-state index contributed by atoms with van der Waals surface area (Å²) >= 11 is 0. The number of aromatic nitrogens is 2. The van der Waals surface area contributed by atoms with Gasteiger partial charge in [0, 0.05) is 25.1 Å². The standard InChI is InChI=1S/C15H24N4/c1-10-3-7-12(8-4-10)19(2)14-9-13(16)17-15(18-14)11-5-6-11/h9-12H,3-8H2,1-2H3,(H2,16,17,18). The number of rotatable bonds is 3. The Labute approximate surface area is 115 Å². The molecule has 0 amide bonds. The molecule has 4 nitrogen and oxygen atoms in total. The van der Waals surface area contributed by atoms with E-state index in [0.29, 0.717) is 17.8 Å². The van der Waals surface area contributed by atoms with Gasteiger partial charge in [-0.1, -0.05) is 6.92 Å². The van der Waals surface area contributed by atoms with Crippen LogP contribution in [0, 0.1) is 5.92 Å². The van der Waals surface area contributed by atoms with Crippen LogP contribution in [0.1, 0.15) is 57.2 Å². The summed E-state index contributed by atoms with van der Waals surface area (Å²) in [5, 5.41) is 0. The first kappa shape index (κ1) is 12.7. The second kappa shape index (κ2) is 4.99. The number of hydrogen-bond donors (Lipinski definition) is 1. The molecule has 1 heterocycles. The molecule has 2 saturated carbocycles. The first-order valence-electron chi connectivity index (χ1n) is 7.50. The van der Waals surface area contributed by atoms with Crippen molar-refractivity contribution in [1.82, 2.24) is 9.97 Å². The highest BCUT2D eigenvalue weighted by Gasteiger charge is 2.28. The van der Waals surface area contributed by atoms with Gasteiger partial charge in [0.05, 0.1) is 0 Å². The van der Waals surface area contributed by atoms with Gasteiger partial charge in [-0.2, -0.15) is 0 Å². The van der Waals surface area contributed by atoms with Gasteiger partial charge in [-0.05, 0) is 44.4 Å². The fourth-order valence-corrected chi connectivity index (χ4v) is 2.99. The van der Waals surface area contributed by atoms with Crippen LogP contribution in [0.4, 0.5) is 11.6 Å². The van der Waals surface area contributed by atoms with Crippen LogP contribution >= 0.6 is 0 Å². The Kier molecular flexibility index (Phi) is 3.33. The van der Waals surface area contributed by atoms with Crippen molar-refractivity contribution in [2.24, 2.45) is 5.92 Å². The quantitative estimate of drug-likeness (QED) is 0.907. The molecule has 2 N–H and O–H groups in total. The van der Waals surface area contributed by atoms with Crippen molar-refractivity contribution < 1.29 is 0 Å². The number of nitrogens with two attached hydrogens (primary N) is 1. The lowest BCUT2D eigenvalue weighted by Crippen LogP contribution is -2.35. The summed E-state index contributed by atoms with van der Waals surface area (Å²) in [5.41, 5.74) is 5.94. The van der Waals surface area contributed by atoms with Gasteiger partial charge in [0.1, 0.15) is 17.5 Å². The Bertz CT molecular complexity index is 447. The summed E-state index contributed by atoms with van der Waals surface area (Å²) in [4.78, 5) is 11.4. The van der Waals surface area contributed by atoms with E-state index in [2.05, 4.69) is 23.9 Å². The van der Waals surface area contributed by atoms with E-state index < -0.39 is 0 Å². The van der Waals surface area contributed by atoms with E-state index in [1.165, 1.54) is 38.5 Å². The lowest BCUT2D eigenvalue weighted by molar-refractivity contribution is 0.340. The largest absolute Gasteiger partial charge is 0.384 e.